The fraction of sp³-hybridized carbons (Fsp3) is 0.235. The molecule has 0 radical (unpaired) electrons. The van der Waals surface area contributed by atoms with Crippen LogP contribution in [-0.4, -0.2) is 36.5 Å². The third-order valence-corrected chi connectivity index (χ3v) is 6.93. The van der Waals surface area contributed by atoms with E-state index in [0.29, 0.717) is 16.5 Å². The van der Waals surface area contributed by atoms with E-state index < -0.39 is 26.1 Å². The molecule has 1 N–H and O–H groups in total. The van der Waals surface area contributed by atoms with Gasteiger partial charge in [-0.3, -0.25) is 9.59 Å². The van der Waals surface area contributed by atoms with Crippen molar-refractivity contribution in [2.45, 2.75) is 17.3 Å². The van der Waals surface area contributed by atoms with Crippen LogP contribution in [0.5, 0.6) is 5.75 Å². The van der Waals surface area contributed by atoms with Gasteiger partial charge in [0.15, 0.2) is 0 Å². The molecule has 0 aliphatic carbocycles. The van der Waals surface area contributed by atoms with Gasteiger partial charge in [0.2, 0.25) is 0 Å². The summed E-state index contributed by atoms with van der Waals surface area (Å²) in [5, 5.41) is 2.60. The Labute approximate surface area is 171 Å². The number of benzene rings is 1. The van der Waals surface area contributed by atoms with Crippen LogP contribution >= 0.6 is 11.3 Å². The molecule has 30 heavy (non-hydrogen) atoms. The van der Waals surface area contributed by atoms with Crippen LogP contribution in [0.4, 0.5) is 18.9 Å². The third kappa shape index (κ3) is 3.54. The predicted molar refractivity (Wildman–Crippen MR) is 104 cm³/mol. The van der Waals surface area contributed by atoms with E-state index in [1.165, 1.54) is 25.1 Å². The van der Waals surface area contributed by atoms with Crippen molar-refractivity contribution >= 4 is 43.0 Å². The summed E-state index contributed by atoms with van der Waals surface area (Å²) in [6, 6.07) is 2.40. The van der Waals surface area contributed by atoms with Crippen molar-refractivity contribution in [3.05, 3.63) is 45.3 Å². The number of aryl methyl sites for hydroxylation is 2. The number of carbonyl (C=O) groups excluding carboxylic acids is 1. The van der Waals surface area contributed by atoms with E-state index in [1.54, 1.807) is 6.92 Å². The van der Waals surface area contributed by atoms with E-state index in [9.17, 15) is 31.2 Å². The predicted octanol–water partition coefficient (Wildman–Crippen LogP) is 2.86. The number of ether oxygens (including phenoxy) is 1. The minimum absolute atomic E-state index is 0.0442. The molecule has 2 aromatic heterocycles. The number of methoxy groups -OCH3 is 1. The molecule has 3 aromatic rings. The highest BCUT2D eigenvalue weighted by atomic mass is 32.2. The molecular weight excluding hydrogens is 447 g/mol. The van der Waals surface area contributed by atoms with Crippen molar-refractivity contribution in [2.75, 3.05) is 12.4 Å². The standard InChI is InChI=1S/C17H14F3N3O5S2/c1-8-12-15(21-7-23(2)16(12)25)29-13(8)14(24)22-10-6-9(4-5-11(10)28-3)30(26,27)17(18,19)20/h4-7H,1-3H3,(H,22,24). The number of rotatable bonds is 4. The SMILES string of the molecule is COc1ccc(S(=O)(=O)C(F)(F)F)cc1NC(=O)c1sc2ncn(C)c(=O)c2c1C. The fourth-order valence-electron chi connectivity index (χ4n) is 2.69. The van der Waals surface area contributed by atoms with Crippen LogP contribution in [-0.2, 0) is 16.9 Å². The minimum atomic E-state index is -5.62. The Morgan fingerprint density at radius 2 is 1.97 bits per heavy atom. The Morgan fingerprint density at radius 3 is 2.57 bits per heavy atom. The summed E-state index contributed by atoms with van der Waals surface area (Å²) in [6.07, 6.45) is 1.30. The van der Waals surface area contributed by atoms with Gasteiger partial charge < -0.3 is 14.6 Å². The van der Waals surface area contributed by atoms with Gasteiger partial charge in [0.05, 0.1) is 34.3 Å². The lowest BCUT2D eigenvalue weighted by atomic mass is 10.2. The van der Waals surface area contributed by atoms with E-state index in [4.69, 9.17) is 4.74 Å². The van der Waals surface area contributed by atoms with Gasteiger partial charge in [0.1, 0.15) is 10.6 Å². The topological polar surface area (TPSA) is 107 Å². The Kier molecular flexibility index (Phi) is 5.37. The van der Waals surface area contributed by atoms with Crippen LogP contribution in [0.2, 0.25) is 0 Å². The highest BCUT2D eigenvalue weighted by Crippen LogP contribution is 2.35. The number of hydrogen-bond donors (Lipinski definition) is 1. The molecule has 0 aliphatic heterocycles. The average molecular weight is 461 g/mol. The number of anilines is 1. The summed E-state index contributed by atoms with van der Waals surface area (Å²) in [6.45, 7) is 1.54. The zero-order valence-corrected chi connectivity index (χ0v) is 17.3. The molecule has 160 valence electrons. The maximum absolute atomic E-state index is 12.9. The first-order valence-corrected chi connectivity index (χ1v) is 10.4. The van der Waals surface area contributed by atoms with Gasteiger partial charge in [-0.25, -0.2) is 13.4 Å². The Morgan fingerprint density at radius 1 is 1.30 bits per heavy atom. The summed E-state index contributed by atoms with van der Waals surface area (Å²) in [5.41, 5.74) is -5.79. The van der Waals surface area contributed by atoms with Gasteiger partial charge in [-0.15, -0.1) is 11.3 Å². The Balaban J connectivity index is 2.06. The molecule has 3 rings (SSSR count). The molecule has 0 bridgehead atoms. The van der Waals surface area contributed by atoms with Gasteiger partial charge in [0.25, 0.3) is 21.3 Å². The lowest BCUT2D eigenvalue weighted by Gasteiger charge is -2.13. The normalized spacial score (nSPS) is 12.2. The molecule has 1 amide bonds. The summed E-state index contributed by atoms with van der Waals surface area (Å²) in [4.78, 5) is 28.5. The number of alkyl halides is 3. The number of nitrogens with zero attached hydrogens (tertiary/aromatic N) is 2. The molecule has 0 atom stereocenters. The Bertz CT molecular complexity index is 1330. The largest absolute Gasteiger partial charge is 0.501 e. The monoisotopic (exact) mass is 461 g/mol. The van der Waals surface area contributed by atoms with Gasteiger partial charge in [-0.05, 0) is 30.7 Å². The van der Waals surface area contributed by atoms with Crippen molar-refractivity contribution in [1.29, 1.82) is 0 Å². The van der Waals surface area contributed by atoms with Crippen molar-refractivity contribution in [3.63, 3.8) is 0 Å². The number of sulfone groups is 1. The van der Waals surface area contributed by atoms with Gasteiger partial charge >= 0.3 is 5.51 Å². The zero-order chi connectivity index (χ0) is 22.4. The first kappa shape index (κ1) is 21.8. The van der Waals surface area contributed by atoms with Gasteiger partial charge in [0, 0.05) is 7.05 Å². The molecule has 2 heterocycles. The molecule has 8 nitrogen and oxygen atoms in total. The highest BCUT2D eigenvalue weighted by molar-refractivity contribution is 7.92. The fourth-order valence-corrected chi connectivity index (χ4v) is 4.51. The van der Waals surface area contributed by atoms with Crippen molar-refractivity contribution in [3.8, 4) is 5.75 Å². The first-order chi connectivity index (χ1) is 13.9. The van der Waals surface area contributed by atoms with E-state index in [0.717, 1.165) is 23.5 Å². The van der Waals surface area contributed by atoms with Crippen molar-refractivity contribution in [2.24, 2.45) is 7.05 Å². The second-order valence-electron chi connectivity index (χ2n) is 6.16. The average Bonchev–Trinajstić information content (AvgIpc) is 3.01. The zero-order valence-electron chi connectivity index (χ0n) is 15.7. The van der Waals surface area contributed by atoms with E-state index in [2.05, 4.69) is 10.3 Å². The molecule has 0 fully saturated rings. The number of hydrogen-bond acceptors (Lipinski definition) is 7. The minimum Gasteiger partial charge on any atom is -0.495 e. The lowest BCUT2D eigenvalue weighted by Crippen LogP contribution is -2.23. The van der Waals surface area contributed by atoms with Crippen molar-refractivity contribution < 1.29 is 31.1 Å². The number of amides is 1. The van der Waals surface area contributed by atoms with E-state index in [-0.39, 0.29) is 27.3 Å². The van der Waals surface area contributed by atoms with E-state index in [1.807, 2.05) is 0 Å². The summed E-state index contributed by atoms with van der Waals surface area (Å²) in [7, 11) is -2.91. The van der Waals surface area contributed by atoms with Crippen LogP contribution < -0.4 is 15.6 Å². The number of carbonyl (C=O) groups is 1. The number of thiophene rings is 1. The maximum atomic E-state index is 12.9. The quantitative estimate of drug-likeness (QED) is 0.640. The second-order valence-corrected chi connectivity index (χ2v) is 9.10. The van der Waals surface area contributed by atoms with Crippen LogP contribution in [0.1, 0.15) is 15.2 Å². The van der Waals surface area contributed by atoms with Gasteiger partial charge in [-0.2, -0.15) is 13.2 Å². The molecular formula is C17H14F3N3O5S2. The number of aromatic nitrogens is 2. The number of nitrogens with one attached hydrogen (secondary N) is 1. The first-order valence-electron chi connectivity index (χ1n) is 8.14. The van der Waals surface area contributed by atoms with Gasteiger partial charge in [-0.1, -0.05) is 0 Å². The Hall–Kier alpha value is -2.93. The smallest absolute Gasteiger partial charge is 0.495 e. The summed E-state index contributed by atoms with van der Waals surface area (Å²) < 4.78 is 68.2. The maximum Gasteiger partial charge on any atom is 0.501 e. The second kappa shape index (κ2) is 7.40. The summed E-state index contributed by atoms with van der Waals surface area (Å²) in [5.74, 6) is -0.797. The lowest BCUT2D eigenvalue weighted by molar-refractivity contribution is -0.0436. The molecule has 0 aliphatic rings. The summed E-state index contributed by atoms with van der Waals surface area (Å²) >= 11 is 0.926. The molecule has 0 unspecified atom stereocenters. The molecule has 13 heteroatoms. The number of fused-ring (bicyclic) bond motifs is 1. The van der Waals surface area contributed by atoms with Crippen LogP contribution in [0, 0.1) is 6.92 Å². The van der Waals surface area contributed by atoms with Crippen LogP contribution in [0.3, 0.4) is 0 Å². The molecule has 0 spiro atoms. The third-order valence-electron chi connectivity index (χ3n) is 4.25. The molecule has 0 saturated carbocycles. The highest BCUT2D eigenvalue weighted by Gasteiger charge is 2.47. The van der Waals surface area contributed by atoms with Crippen molar-refractivity contribution in [1.82, 2.24) is 9.55 Å². The number of halogens is 3. The molecule has 0 saturated heterocycles. The van der Waals surface area contributed by atoms with E-state index >= 15 is 0 Å². The molecule has 1 aromatic carbocycles. The van der Waals surface area contributed by atoms with Crippen LogP contribution in [0.15, 0.2) is 34.2 Å². The van der Waals surface area contributed by atoms with Crippen LogP contribution in [0.25, 0.3) is 10.2 Å².